The van der Waals surface area contributed by atoms with Crippen LogP contribution in [0.15, 0.2) is 18.2 Å². The molecule has 0 radical (unpaired) electrons. The summed E-state index contributed by atoms with van der Waals surface area (Å²) in [7, 11) is 0. The van der Waals surface area contributed by atoms with Crippen LogP contribution in [-0.2, 0) is 6.54 Å². The molecule has 0 saturated carbocycles. The number of nitro benzene ring substituents is 1. The Bertz CT molecular complexity index is 543. The van der Waals surface area contributed by atoms with Crippen molar-refractivity contribution >= 4 is 11.4 Å². The molecule has 1 N–H and O–H groups in total. The average molecular weight is 273 g/mol. The number of nitriles is 2. The second-order valence-electron chi connectivity index (χ2n) is 4.06. The van der Waals surface area contributed by atoms with E-state index < -0.39 is 4.92 Å². The molecule has 0 atom stereocenters. The molecular formula is C13H15N5O2. The summed E-state index contributed by atoms with van der Waals surface area (Å²) in [5.41, 5.74) is 1.14. The minimum absolute atomic E-state index is 0.00165. The van der Waals surface area contributed by atoms with E-state index in [4.69, 9.17) is 10.5 Å². The molecule has 20 heavy (non-hydrogen) atoms. The number of hydrogen-bond donors (Lipinski definition) is 1. The fourth-order valence-electron chi connectivity index (χ4n) is 1.86. The number of benzene rings is 1. The van der Waals surface area contributed by atoms with Crippen LogP contribution in [0.1, 0.15) is 12.5 Å². The minimum atomic E-state index is -0.444. The van der Waals surface area contributed by atoms with Crippen LogP contribution >= 0.6 is 0 Å². The first-order chi connectivity index (χ1) is 9.63. The number of anilines is 1. The molecule has 0 fully saturated rings. The third-order valence-electron chi connectivity index (χ3n) is 2.66. The highest BCUT2D eigenvalue weighted by Gasteiger charge is 2.18. The number of hydrogen-bond acceptors (Lipinski definition) is 6. The zero-order chi connectivity index (χ0) is 15.0. The van der Waals surface area contributed by atoms with Crippen LogP contribution in [0.2, 0.25) is 0 Å². The third kappa shape index (κ3) is 3.94. The van der Waals surface area contributed by atoms with E-state index in [1.165, 1.54) is 6.07 Å². The fourth-order valence-corrected chi connectivity index (χ4v) is 1.86. The maximum atomic E-state index is 11.0. The lowest BCUT2D eigenvalue weighted by Gasteiger charge is -2.18. The monoisotopic (exact) mass is 273 g/mol. The molecule has 1 rings (SSSR count). The van der Waals surface area contributed by atoms with Gasteiger partial charge in [0.15, 0.2) is 0 Å². The van der Waals surface area contributed by atoms with E-state index in [-0.39, 0.29) is 18.8 Å². The summed E-state index contributed by atoms with van der Waals surface area (Å²) in [4.78, 5) is 12.2. The first-order valence-electron chi connectivity index (χ1n) is 6.10. The molecule has 0 aliphatic rings. The second-order valence-corrected chi connectivity index (χ2v) is 4.06. The molecule has 0 saturated heterocycles. The molecule has 104 valence electrons. The van der Waals surface area contributed by atoms with Crippen LogP contribution in [0.4, 0.5) is 11.4 Å². The average Bonchev–Trinajstić information content (AvgIpc) is 2.41. The summed E-state index contributed by atoms with van der Waals surface area (Å²) >= 11 is 0. The van der Waals surface area contributed by atoms with Gasteiger partial charge < -0.3 is 5.32 Å². The van der Waals surface area contributed by atoms with Crippen molar-refractivity contribution in [2.45, 2.75) is 13.5 Å². The lowest BCUT2D eigenvalue weighted by molar-refractivity contribution is -0.384. The van der Waals surface area contributed by atoms with Crippen LogP contribution < -0.4 is 5.32 Å². The van der Waals surface area contributed by atoms with Crippen molar-refractivity contribution in [2.24, 2.45) is 0 Å². The van der Waals surface area contributed by atoms with E-state index in [9.17, 15) is 10.1 Å². The molecular weight excluding hydrogens is 258 g/mol. The Kier molecular flexibility index (Phi) is 5.95. The maximum Gasteiger partial charge on any atom is 0.292 e. The molecule has 0 spiro atoms. The Balaban J connectivity index is 3.10. The van der Waals surface area contributed by atoms with Crippen LogP contribution in [0.3, 0.4) is 0 Å². The highest BCUT2D eigenvalue weighted by atomic mass is 16.6. The van der Waals surface area contributed by atoms with Crippen molar-refractivity contribution in [1.29, 1.82) is 10.5 Å². The van der Waals surface area contributed by atoms with Crippen molar-refractivity contribution in [3.05, 3.63) is 33.9 Å². The van der Waals surface area contributed by atoms with E-state index in [0.29, 0.717) is 24.3 Å². The molecule has 7 heteroatoms. The zero-order valence-electron chi connectivity index (χ0n) is 11.2. The zero-order valence-corrected chi connectivity index (χ0v) is 11.2. The molecule has 7 nitrogen and oxygen atoms in total. The van der Waals surface area contributed by atoms with Crippen LogP contribution in [0.5, 0.6) is 0 Å². The minimum Gasteiger partial charge on any atom is -0.380 e. The topological polar surface area (TPSA) is 106 Å². The molecule has 1 aromatic carbocycles. The quantitative estimate of drug-likeness (QED) is 0.462. The standard InChI is InChI=1S/C13H15N5O2/c1-2-16-13-11(4-3-5-12(13)18(19)20)10-17(8-6-14)9-7-15/h3-5,16H,2,8-10H2,1H3. The van der Waals surface area contributed by atoms with Gasteiger partial charge in [-0.05, 0) is 12.5 Å². The number of nitrogens with one attached hydrogen (secondary N) is 1. The van der Waals surface area contributed by atoms with Crippen molar-refractivity contribution in [3.8, 4) is 12.1 Å². The number of rotatable bonds is 7. The second kappa shape index (κ2) is 7.72. The van der Waals surface area contributed by atoms with Gasteiger partial charge in [0.2, 0.25) is 0 Å². The van der Waals surface area contributed by atoms with E-state index in [2.05, 4.69) is 5.32 Å². The van der Waals surface area contributed by atoms with Gasteiger partial charge in [-0.15, -0.1) is 0 Å². The van der Waals surface area contributed by atoms with Gasteiger partial charge in [0.1, 0.15) is 5.69 Å². The summed E-state index contributed by atoms with van der Waals surface area (Å²) in [6, 6.07) is 8.75. The van der Waals surface area contributed by atoms with E-state index in [0.717, 1.165) is 0 Å². The van der Waals surface area contributed by atoms with Crippen LogP contribution in [0, 0.1) is 32.8 Å². The van der Waals surface area contributed by atoms with Gasteiger partial charge >= 0.3 is 0 Å². The first-order valence-corrected chi connectivity index (χ1v) is 6.10. The normalized spacial score (nSPS) is 9.80. The largest absolute Gasteiger partial charge is 0.380 e. The Hall–Kier alpha value is -2.64. The molecule has 0 unspecified atom stereocenters. The summed E-state index contributed by atoms with van der Waals surface area (Å²) in [5.74, 6) is 0. The molecule has 0 amide bonds. The lowest BCUT2D eigenvalue weighted by atomic mass is 10.1. The predicted molar refractivity (Wildman–Crippen MR) is 73.8 cm³/mol. The molecule has 0 aliphatic carbocycles. The van der Waals surface area contributed by atoms with Gasteiger partial charge in [0.25, 0.3) is 5.69 Å². The highest BCUT2D eigenvalue weighted by molar-refractivity contribution is 5.66. The van der Waals surface area contributed by atoms with Crippen LogP contribution in [-0.4, -0.2) is 29.5 Å². The Morgan fingerprint density at radius 3 is 2.50 bits per heavy atom. The first kappa shape index (κ1) is 15.4. The van der Waals surface area contributed by atoms with Crippen LogP contribution in [0.25, 0.3) is 0 Å². The van der Waals surface area contributed by atoms with E-state index in [1.54, 1.807) is 17.0 Å². The number of para-hydroxylation sites is 1. The third-order valence-corrected chi connectivity index (χ3v) is 2.66. The van der Waals surface area contributed by atoms with Gasteiger partial charge in [-0.25, -0.2) is 0 Å². The van der Waals surface area contributed by atoms with Gasteiger partial charge in [-0.2, -0.15) is 10.5 Å². The van der Waals surface area contributed by atoms with Crippen molar-refractivity contribution in [2.75, 3.05) is 25.0 Å². The Morgan fingerprint density at radius 1 is 1.35 bits per heavy atom. The predicted octanol–water partition coefficient (Wildman–Crippen LogP) is 1.88. The van der Waals surface area contributed by atoms with Crippen molar-refractivity contribution in [1.82, 2.24) is 4.90 Å². The van der Waals surface area contributed by atoms with Crippen molar-refractivity contribution < 1.29 is 4.92 Å². The highest BCUT2D eigenvalue weighted by Crippen LogP contribution is 2.29. The number of nitro groups is 1. The van der Waals surface area contributed by atoms with Gasteiger partial charge in [0.05, 0.1) is 30.2 Å². The Labute approximate surface area is 117 Å². The molecule has 0 aliphatic heterocycles. The van der Waals surface area contributed by atoms with E-state index in [1.807, 2.05) is 19.1 Å². The maximum absolute atomic E-state index is 11.0. The summed E-state index contributed by atoms with van der Waals surface area (Å²) < 4.78 is 0. The van der Waals surface area contributed by atoms with Crippen molar-refractivity contribution in [3.63, 3.8) is 0 Å². The van der Waals surface area contributed by atoms with Gasteiger partial charge in [-0.1, -0.05) is 12.1 Å². The lowest BCUT2D eigenvalue weighted by Crippen LogP contribution is -2.24. The molecule has 0 aromatic heterocycles. The SMILES string of the molecule is CCNc1c(CN(CC#N)CC#N)cccc1[N+](=O)[O-]. The van der Waals surface area contributed by atoms with E-state index >= 15 is 0 Å². The molecule has 0 heterocycles. The van der Waals surface area contributed by atoms with Gasteiger partial charge in [-0.3, -0.25) is 15.0 Å². The molecule has 1 aromatic rings. The number of nitrogens with zero attached hydrogens (tertiary/aromatic N) is 4. The summed E-state index contributed by atoms with van der Waals surface area (Å²) in [6.07, 6.45) is 0. The summed E-state index contributed by atoms with van der Waals surface area (Å²) in [5, 5.41) is 31.5. The van der Waals surface area contributed by atoms with Gasteiger partial charge in [0, 0.05) is 19.2 Å². The fraction of sp³-hybridized carbons (Fsp3) is 0.385. The summed E-state index contributed by atoms with van der Waals surface area (Å²) in [6.45, 7) is 2.91. The Morgan fingerprint density at radius 2 is 2.00 bits per heavy atom. The molecule has 0 bridgehead atoms. The smallest absolute Gasteiger partial charge is 0.292 e.